The van der Waals surface area contributed by atoms with E-state index in [4.69, 9.17) is 10.8 Å². The first-order valence-electron chi connectivity index (χ1n) is 6.84. The number of nitrogen functional groups attached to an aromatic ring is 1. The van der Waals surface area contributed by atoms with Crippen LogP contribution >= 0.6 is 0 Å². The van der Waals surface area contributed by atoms with Crippen LogP contribution in [0.3, 0.4) is 0 Å². The van der Waals surface area contributed by atoms with Gasteiger partial charge in [-0.1, -0.05) is 26.2 Å². The lowest BCUT2D eigenvalue weighted by molar-refractivity contribution is 0.0690. The minimum atomic E-state index is -1.03. The minimum absolute atomic E-state index is 0.0259. The van der Waals surface area contributed by atoms with Gasteiger partial charge in [0.15, 0.2) is 5.69 Å². The fourth-order valence-corrected chi connectivity index (χ4v) is 2.59. The summed E-state index contributed by atoms with van der Waals surface area (Å²) in [6.07, 6.45) is 5.99. The van der Waals surface area contributed by atoms with E-state index in [1.54, 1.807) is 6.07 Å². The average molecular weight is 263 g/mol. The number of carboxylic acid groups (broad SMARTS) is 1. The second-order valence-corrected chi connectivity index (χ2v) is 5.31. The van der Waals surface area contributed by atoms with Crippen molar-refractivity contribution in [2.24, 2.45) is 5.92 Å². The predicted molar refractivity (Wildman–Crippen MR) is 75.3 cm³/mol. The van der Waals surface area contributed by atoms with Crippen LogP contribution in [-0.2, 0) is 0 Å². The third-order valence-electron chi connectivity index (χ3n) is 3.83. The Kier molecular flexibility index (Phi) is 4.24. The van der Waals surface area contributed by atoms with Crippen LogP contribution in [0.15, 0.2) is 12.1 Å². The van der Waals surface area contributed by atoms with Gasteiger partial charge in [-0.15, -0.1) is 0 Å². The second kappa shape index (κ2) is 5.91. The summed E-state index contributed by atoms with van der Waals surface area (Å²) in [6, 6.07) is 3.35. The molecule has 1 heterocycles. The zero-order chi connectivity index (χ0) is 13.8. The van der Waals surface area contributed by atoms with E-state index < -0.39 is 5.97 Å². The van der Waals surface area contributed by atoms with Crippen molar-refractivity contribution in [2.75, 3.05) is 11.1 Å². The van der Waals surface area contributed by atoms with Crippen LogP contribution in [0.2, 0.25) is 0 Å². The van der Waals surface area contributed by atoms with Crippen LogP contribution in [0, 0.1) is 5.92 Å². The Balaban J connectivity index is 2.16. The molecule has 0 aromatic carbocycles. The molecule has 1 aromatic heterocycles. The van der Waals surface area contributed by atoms with E-state index in [0.717, 1.165) is 6.42 Å². The summed E-state index contributed by atoms with van der Waals surface area (Å²) in [4.78, 5) is 15.0. The van der Waals surface area contributed by atoms with Crippen LogP contribution < -0.4 is 11.1 Å². The highest BCUT2D eigenvalue weighted by atomic mass is 16.4. The average Bonchev–Trinajstić information content (AvgIpc) is 2.57. The van der Waals surface area contributed by atoms with Gasteiger partial charge in [0.25, 0.3) is 0 Å². The molecule has 0 spiro atoms. The van der Waals surface area contributed by atoms with Crippen molar-refractivity contribution in [1.82, 2.24) is 4.98 Å². The molecule has 2 unspecified atom stereocenters. The number of rotatable bonds is 3. The SMILES string of the molecule is CC1CCCCCC1Nc1nc(C(=O)O)ccc1N. The maximum atomic E-state index is 10.9. The molecule has 5 nitrogen and oxygen atoms in total. The van der Waals surface area contributed by atoms with Crippen LogP contribution in [0.25, 0.3) is 0 Å². The second-order valence-electron chi connectivity index (χ2n) is 5.31. The van der Waals surface area contributed by atoms with Gasteiger partial charge in [-0.25, -0.2) is 9.78 Å². The molecule has 2 rings (SSSR count). The van der Waals surface area contributed by atoms with Crippen molar-refractivity contribution in [2.45, 2.75) is 45.1 Å². The standard InChI is InChI=1S/C14H21N3O2/c1-9-5-3-2-4-6-11(9)16-13-10(15)7-8-12(17-13)14(18)19/h7-9,11H,2-6,15H2,1H3,(H,16,17)(H,18,19). The number of nitrogens with zero attached hydrogens (tertiary/aromatic N) is 1. The molecule has 1 aliphatic rings. The molecule has 4 N–H and O–H groups in total. The Hall–Kier alpha value is -1.78. The summed E-state index contributed by atoms with van der Waals surface area (Å²) in [5.74, 6) is 0.0211. The largest absolute Gasteiger partial charge is 0.477 e. The van der Waals surface area contributed by atoms with Crippen LogP contribution in [0.4, 0.5) is 11.5 Å². The Morgan fingerprint density at radius 2 is 2.11 bits per heavy atom. The molecule has 0 amide bonds. The number of aromatic nitrogens is 1. The number of hydrogen-bond acceptors (Lipinski definition) is 4. The van der Waals surface area contributed by atoms with Gasteiger partial charge in [0.2, 0.25) is 0 Å². The Morgan fingerprint density at radius 1 is 1.37 bits per heavy atom. The van der Waals surface area contributed by atoms with Gasteiger partial charge >= 0.3 is 5.97 Å². The van der Waals surface area contributed by atoms with Crippen molar-refractivity contribution in [3.05, 3.63) is 17.8 Å². The molecule has 0 bridgehead atoms. The van der Waals surface area contributed by atoms with E-state index in [-0.39, 0.29) is 5.69 Å². The molecule has 0 radical (unpaired) electrons. The highest BCUT2D eigenvalue weighted by Gasteiger charge is 2.21. The van der Waals surface area contributed by atoms with Gasteiger partial charge < -0.3 is 16.2 Å². The smallest absolute Gasteiger partial charge is 0.354 e. The van der Waals surface area contributed by atoms with E-state index in [2.05, 4.69) is 17.2 Å². The molecular weight excluding hydrogens is 242 g/mol. The first-order chi connectivity index (χ1) is 9.08. The van der Waals surface area contributed by atoms with E-state index in [1.807, 2.05) is 0 Å². The summed E-state index contributed by atoms with van der Waals surface area (Å²) < 4.78 is 0. The molecule has 5 heteroatoms. The van der Waals surface area contributed by atoms with Crippen LogP contribution in [0.1, 0.15) is 49.5 Å². The summed E-state index contributed by atoms with van der Waals surface area (Å²) in [6.45, 7) is 2.22. The molecule has 0 aliphatic heterocycles. The highest BCUT2D eigenvalue weighted by molar-refractivity contribution is 5.86. The number of pyridine rings is 1. The zero-order valence-corrected chi connectivity index (χ0v) is 11.2. The first-order valence-corrected chi connectivity index (χ1v) is 6.84. The van der Waals surface area contributed by atoms with Gasteiger partial charge in [-0.3, -0.25) is 0 Å². The number of nitrogens with two attached hydrogens (primary N) is 1. The van der Waals surface area contributed by atoms with Crippen LogP contribution in [0.5, 0.6) is 0 Å². The first kappa shape index (κ1) is 13.6. The van der Waals surface area contributed by atoms with Crippen molar-refractivity contribution < 1.29 is 9.90 Å². The fourth-order valence-electron chi connectivity index (χ4n) is 2.59. The van der Waals surface area contributed by atoms with Gasteiger partial charge in [0, 0.05) is 6.04 Å². The van der Waals surface area contributed by atoms with E-state index in [1.165, 1.54) is 31.7 Å². The van der Waals surface area contributed by atoms with Gasteiger partial charge in [-0.05, 0) is 30.9 Å². The van der Waals surface area contributed by atoms with Crippen LogP contribution in [-0.4, -0.2) is 22.1 Å². The number of carbonyl (C=O) groups is 1. The number of hydrogen-bond donors (Lipinski definition) is 3. The minimum Gasteiger partial charge on any atom is -0.477 e. The van der Waals surface area contributed by atoms with Crippen molar-refractivity contribution in [3.8, 4) is 0 Å². The predicted octanol–water partition coefficient (Wildman–Crippen LogP) is 2.74. The van der Waals surface area contributed by atoms with Gasteiger partial charge in [-0.2, -0.15) is 0 Å². The lowest BCUT2D eigenvalue weighted by Gasteiger charge is -2.24. The maximum absolute atomic E-state index is 10.9. The van der Waals surface area contributed by atoms with Crippen molar-refractivity contribution in [1.29, 1.82) is 0 Å². The molecule has 1 aliphatic carbocycles. The molecule has 2 atom stereocenters. The summed E-state index contributed by atoms with van der Waals surface area (Å²) >= 11 is 0. The Morgan fingerprint density at radius 3 is 2.84 bits per heavy atom. The van der Waals surface area contributed by atoms with Gasteiger partial charge in [0.05, 0.1) is 5.69 Å². The number of nitrogens with one attached hydrogen (secondary N) is 1. The summed E-state index contributed by atoms with van der Waals surface area (Å²) in [5, 5.41) is 12.3. The Bertz CT molecular complexity index is 462. The third kappa shape index (κ3) is 3.36. The number of carboxylic acids is 1. The lowest BCUT2D eigenvalue weighted by Crippen LogP contribution is -2.27. The number of aromatic carboxylic acids is 1. The fraction of sp³-hybridized carbons (Fsp3) is 0.571. The zero-order valence-electron chi connectivity index (χ0n) is 11.2. The normalized spacial score (nSPS) is 23.6. The molecule has 1 aromatic rings. The molecule has 19 heavy (non-hydrogen) atoms. The molecule has 1 saturated carbocycles. The maximum Gasteiger partial charge on any atom is 0.354 e. The molecule has 1 fully saturated rings. The van der Waals surface area contributed by atoms with E-state index in [0.29, 0.717) is 23.5 Å². The Labute approximate surface area is 113 Å². The highest BCUT2D eigenvalue weighted by Crippen LogP contribution is 2.27. The lowest BCUT2D eigenvalue weighted by atomic mass is 9.97. The summed E-state index contributed by atoms with van der Waals surface area (Å²) in [7, 11) is 0. The molecule has 0 saturated heterocycles. The summed E-state index contributed by atoms with van der Waals surface area (Å²) in [5.41, 5.74) is 6.40. The van der Waals surface area contributed by atoms with E-state index in [9.17, 15) is 4.79 Å². The van der Waals surface area contributed by atoms with Crippen molar-refractivity contribution in [3.63, 3.8) is 0 Å². The molecular formula is C14H21N3O2. The number of anilines is 2. The topological polar surface area (TPSA) is 88.2 Å². The quantitative estimate of drug-likeness (QED) is 0.730. The van der Waals surface area contributed by atoms with E-state index >= 15 is 0 Å². The molecule has 104 valence electrons. The third-order valence-corrected chi connectivity index (χ3v) is 3.83. The van der Waals surface area contributed by atoms with Crippen molar-refractivity contribution >= 4 is 17.5 Å². The monoisotopic (exact) mass is 263 g/mol. The van der Waals surface area contributed by atoms with Gasteiger partial charge in [0.1, 0.15) is 5.82 Å².